The van der Waals surface area contributed by atoms with Crippen LogP contribution in [0.15, 0.2) is 231 Å². The number of anilines is 6. The van der Waals surface area contributed by atoms with Crippen molar-refractivity contribution in [3.8, 4) is 28.3 Å². The number of nitrogens with zero attached hydrogens (tertiary/aromatic N) is 4. The SMILES string of the molecule is [C-]#[N+]c1cc(C=Cc2ccc(N(c3ccccc3)c3ccc(-c4ccccc4)cc3)cc2)c(C#N)cc1C=Cc1ccc(N(c2ccccc2)c2ccc(-c3ccccc3)cc2)cc1. The Morgan fingerprint density at radius 2 is 0.688 bits per heavy atom. The molecule has 4 nitrogen and oxygen atoms in total. The van der Waals surface area contributed by atoms with Gasteiger partial charge in [0.1, 0.15) is 0 Å². The van der Waals surface area contributed by atoms with Gasteiger partial charge in [-0.2, -0.15) is 5.26 Å². The van der Waals surface area contributed by atoms with Crippen molar-refractivity contribution in [2.75, 3.05) is 9.80 Å². The molecule has 0 fully saturated rings. The van der Waals surface area contributed by atoms with Crippen molar-refractivity contribution in [2.45, 2.75) is 0 Å². The Morgan fingerprint density at radius 3 is 1.06 bits per heavy atom. The molecule has 4 heteroatoms. The molecular weight excluding hydrogens is 777 g/mol. The van der Waals surface area contributed by atoms with Gasteiger partial charge in [-0.3, -0.25) is 0 Å². The third kappa shape index (κ3) is 9.19. The van der Waals surface area contributed by atoms with Crippen LogP contribution in [0.5, 0.6) is 0 Å². The Kier molecular flexibility index (Phi) is 12.1. The Bertz CT molecular complexity index is 2890. The fourth-order valence-electron chi connectivity index (χ4n) is 7.84. The highest BCUT2D eigenvalue weighted by Gasteiger charge is 2.15. The van der Waals surface area contributed by atoms with Gasteiger partial charge in [-0.25, -0.2) is 4.85 Å². The van der Waals surface area contributed by atoms with Gasteiger partial charge >= 0.3 is 0 Å². The van der Waals surface area contributed by atoms with Crippen molar-refractivity contribution in [2.24, 2.45) is 0 Å². The van der Waals surface area contributed by atoms with Crippen LogP contribution in [0.3, 0.4) is 0 Å². The molecule has 0 aliphatic carbocycles. The normalized spacial score (nSPS) is 11.0. The lowest BCUT2D eigenvalue weighted by Crippen LogP contribution is -2.09. The van der Waals surface area contributed by atoms with E-state index in [4.69, 9.17) is 6.57 Å². The largest absolute Gasteiger partial charge is 0.311 e. The summed E-state index contributed by atoms with van der Waals surface area (Å²) in [4.78, 5) is 8.34. The average molecular weight is 819 g/mol. The second-order valence-corrected chi connectivity index (χ2v) is 15.2. The molecule has 0 N–H and O–H groups in total. The van der Waals surface area contributed by atoms with Gasteiger partial charge in [0.2, 0.25) is 0 Å². The average Bonchev–Trinajstić information content (AvgIpc) is 3.37. The van der Waals surface area contributed by atoms with Crippen LogP contribution < -0.4 is 9.80 Å². The first kappa shape index (κ1) is 40.4. The molecule has 302 valence electrons. The van der Waals surface area contributed by atoms with Gasteiger partial charge < -0.3 is 9.80 Å². The minimum absolute atomic E-state index is 0.479. The Balaban J connectivity index is 0.926. The molecule has 0 aliphatic heterocycles. The van der Waals surface area contributed by atoms with Crippen LogP contribution >= 0.6 is 0 Å². The lowest BCUT2D eigenvalue weighted by molar-refractivity contribution is 1.28. The summed E-state index contributed by atoms with van der Waals surface area (Å²) in [6, 6.07) is 81.5. The van der Waals surface area contributed by atoms with E-state index in [9.17, 15) is 5.26 Å². The van der Waals surface area contributed by atoms with E-state index in [0.717, 1.165) is 45.3 Å². The molecule has 9 aromatic carbocycles. The van der Waals surface area contributed by atoms with E-state index in [0.29, 0.717) is 22.4 Å². The number of nitriles is 1. The lowest BCUT2D eigenvalue weighted by Gasteiger charge is -2.25. The van der Waals surface area contributed by atoms with Gasteiger partial charge in [0.25, 0.3) is 0 Å². The van der Waals surface area contributed by atoms with Crippen molar-refractivity contribution in [3.63, 3.8) is 0 Å². The molecule has 9 rings (SSSR count). The summed E-state index contributed by atoms with van der Waals surface area (Å²) >= 11 is 0. The van der Waals surface area contributed by atoms with Gasteiger partial charge in [0, 0.05) is 34.1 Å². The molecule has 0 amide bonds. The summed E-state index contributed by atoms with van der Waals surface area (Å²) < 4.78 is 0. The van der Waals surface area contributed by atoms with E-state index in [1.807, 2.05) is 72.8 Å². The van der Waals surface area contributed by atoms with Crippen LogP contribution in [0.4, 0.5) is 39.8 Å². The standard InChI is InChI=1S/C60H42N4/c1-62-60-43-51(28-22-45-24-34-56(35-25-45)63(54-18-10-4-11-19-54)58-38-30-49(31-39-58)47-14-6-2-7-15-47)53(44-61)42-52(60)29-23-46-26-36-57(37-27-46)64(55-20-12-5-13-21-55)59-40-32-50(33-41-59)48-16-8-3-9-17-48/h2-43H. The molecule has 0 radical (unpaired) electrons. The van der Waals surface area contributed by atoms with Gasteiger partial charge in [0.15, 0.2) is 5.69 Å². The molecule has 0 aromatic heterocycles. The number of hydrogen-bond acceptors (Lipinski definition) is 3. The van der Waals surface area contributed by atoms with Crippen molar-refractivity contribution >= 4 is 64.1 Å². The second kappa shape index (κ2) is 19.2. The van der Waals surface area contributed by atoms with E-state index >= 15 is 0 Å². The maximum Gasteiger partial charge on any atom is 0.194 e. The van der Waals surface area contributed by atoms with Crippen molar-refractivity contribution in [1.82, 2.24) is 0 Å². The topological polar surface area (TPSA) is 34.6 Å². The fourth-order valence-corrected chi connectivity index (χ4v) is 7.84. The van der Waals surface area contributed by atoms with Crippen LogP contribution in [0.25, 0.3) is 51.4 Å². The molecule has 0 saturated heterocycles. The minimum atomic E-state index is 0.479. The third-order valence-electron chi connectivity index (χ3n) is 11.1. The van der Waals surface area contributed by atoms with Crippen LogP contribution in [0.1, 0.15) is 27.8 Å². The first-order chi connectivity index (χ1) is 31.6. The number of rotatable bonds is 12. The number of benzene rings is 9. The highest BCUT2D eigenvalue weighted by Crippen LogP contribution is 2.38. The van der Waals surface area contributed by atoms with Crippen molar-refractivity contribution in [3.05, 3.63) is 270 Å². The first-order valence-corrected chi connectivity index (χ1v) is 21.2. The second-order valence-electron chi connectivity index (χ2n) is 15.2. The molecule has 0 aliphatic rings. The molecule has 0 atom stereocenters. The molecule has 0 heterocycles. The zero-order chi connectivity index (χ0) is 43.5. The van der Waals surface area contributed by atoms with E-state index in [-0.39, 0.29) is 0 Å². The van der Waals surface area contributed by atoms with E-state index in [1.54, 1.807) is 12.1 Å². The molecule has 0 bridgehead atoms. The first-order valence-electron chi connectivity index (χ1n) is 21.2. The molecule has 64 heavy (non-hydrogen) atoms. The highest BCUT2D eigenvalue weighted by atomic mass is 15.1. The number of para-hydroxylation sites is 2. The van der Waals surface area contributed by atoms with Crippen LogP contribution in [0, 0.1) is 17.9 Å². The smallest absolute Gasteiger partial charge is 0.194 e. The van der Waals surface area contributed by atoms with Crippen LogP contribution in [-0.2, 0) is 0 Å². The fraction of sp³-hybridized carbons (Fsp3) is 0. The summed E-state index contributed by atoms with van der Waals surface area (Å²) in [7, 11) is 0. The quantitative estimate of drug-likeness (QED) is 0.0910. The summed E-state index contributed by atoms with van der Waals surface area (Å²) in [5.74, 6) is 0. The maximum atomic E-state index is 10.2. The number of hydrogen-bond donors (Lipinski definition) is 0. The lowest BCUT2D eigenvalue weighted by atomic mass is 10.0. The van der Waals surface area contributed by atoms with Gasteiger partial charge in [-0.05, 0) is 129 Å². The predicted molar refractivity (Wildman–Crippen MR) is 268 cm³/mol. The maximum absolute atomic E-state index is 10.2. The van der Waals surface area contributed by atoms with E-state index in [2.05, 4.69) is 191 Å². The Labute approximate surface area is 375 Å². The zero-order valence-corrected chi connectivity index (χ0v) is 35.0. The van der Waals surface area contributed by atoms with Crippen LogP contribution in [-0.4, -0.2) is 0 Å². The van der Waals surface area contributed by atoms with Gasteiger partial charge in [0.05, 0.1) is 18.2 Å². The monoisotopic (exact) mass is 818 g/mol. The molecule has 0 unspecified atom stereocenters. The summed E-state index contributed by atoms with van der Waals surface area (Å²) in [6.07, 6.45) is 7.81. The van der Waals surface area contributed by atoms with Crippen molar-refractivity contribution in [1.29, 1.82) is 5.26 Å². The van der Waals surface area contributed by atoms with Gasteiger partial charge in [-0.15, -0.1) is 0 Å². The van der Waals surface area contributed by atoms with E-state index < -0.39 is 0 Å². The zero-order valence-electron chi connectivity index (χ0n) is 35.0. The molecule has 9 aromatic rings. The van der Waals surface area contributed by atoms with E-state index in [1.165, 1.54) is 22.3 Å². The Morgan fingerprint density at radius 1 is 0.359 bits per heavy atom. The van der Waals surface area contributed by atoms with Crippen molar-refractivity contribution < 1.29 is 0 Å². The molecule has 0 spiro atoms. The summed E-state index contributed by atoms with van der Waals surface area (Å²) in [5, 5.41) is 10.2. The van der Waals surface area contributed by atoms with Crippen LogP contribution in [0.2, 0.25) is 0 Å². The predicted octanol–water partition coefficient (Wildman–Crippen LogP) is 16.7. The molecule has 0 saturated carbocycles. The van der Waals surface area contributed by atoms with Gasteiger partial charge in [-0.1, -0.05) is 170 Å². The Hall–Kier alpha value is -8.96. The summed E-state index contributed by atoms with van der Waals surface area (Å²) in [5.41, 5.74) is 15.3. The molecular formula is C60H42N4. The third-order valence-corrected chi connectivity index (χ3v) is 11.1. The minimum Gasteiger partial charge on any atom is -0.311 e. The summed E-state index contributed by atoms with van der Waals surface area (Å²) in [6.45, 7) is 8.02. The highest BCUT2D eigenvalue weighted by molar-refractivity contribution is 5.85.